The van der Waals surface area contributed by atoms with Crippen LogP contribution in [0, 0.1) is 6.92 Å². The number of amides is 1. The Hall–Kier alpha value is -3.66. The molecule has 46 heavy (non-hydrogen) atoms. The van der Waals surface area contributed by atoms with Gasteiger partial charge in [0, 0.05) is 44.5 Å². The summed E-state index contributed by atoms with van der Waals surface area (Å²) in [6.45, 7) is 18.7. The van der Waals surface area contributed by atoms with Crippen molar-refractivity contribution in [3.8, 4) is 11.5 Å². The molecule has 2 aromatic rings. The fourth-order valence-electron chi connectivity index (χ4n) is 4.59. The fourth-order valence-corrected chi connectivity index (χ4v) is 4.89. The summed E-state index contributed by atoms with van der Waals surface area (Å²) in [5.74, 6) is 1.62. The zero-order chi connectivity index (χ0) is 34.4. The largest absolute Gasteiger partial charge is 0.489 e. The van der Waals surface area contributed by atoms with E-state index in [4.69, 9.17) is 21.1 Å². The van der Waals surface area contributed by atoms with Crippen LogP contribution in [0.2, 0.25) is 5.02 Å². The second-order valence-corrected chi connectivity index (χ2v) is 10.8. The van der Waals surface area contributed by atoms with Gasteiger partial charge in [-0.25, -0.2) is 4.99 Å². The van der Waals surface area contributed by atoms with E-state index < -0.39 is 12.7 Å². The molecule has 0 atom stereocenters. The van der Waals surface area contributed by atoms with Crippen molar-refractivity contribution in [2.45, 2.75) is 73.6 Å². The molecular weight excluding hydrogens is 617 g/mol. The summed E-state index contributed by atoms with van der Waals surface area (Å²) >= 11 is 6.44. The Bertz CT molecular complexity index is 1310. The number of nitrogens with zero attached hydrogens (tertiary/aromatic N) is 4. The maximum Gasteiger partial charge on any atom is 0.406 e. The number of rotatable bonds is 11. The summed E-state index contributed by atoms with van der Waals surface area (Å²) in [4.78, 5) is 21.2. The molecule has 1 heterocycles. The Labute approximate surface area is 277 Å². The lowest BCUT2D eigenvalue weighted by atomic mass is 10.1. The number of benzene rings is 2. The van der Waals surface area contributed by atoms with Gasteiger partial charge in [0.2, 0.25) is 5.91 Å². The number of aryl methyl sites for hydroxylation is 1. The molecule has 0 unspecified atom stereocenters. The molecule has 11 heteroatoms. The highest BCUT2D eigenvalue weighted by Gasteiger charge is 2.33. The van der Waals surface area contributed by atoms with Gasteiger partial charge in [-0.1, -0.05) is 52.0 Å². The Balaban J connectivity index is 0.00000177. The van der Waals surface area contributed by atoms with Crippen molar-refractivity contribution < 1.29 is 27.4 Å². The van der Waals surface area contributed by atoms with E-state index in [2.05, 4.69) is 11.6 Å². The number of halogens is 4. The van der Waals surface area contributed by atoms with Crippen LogP contribution in [-0.4, -0.2) is 73.0 Å². The smallest absolute Gasteiger partial charge is 0.406 e. The molecule has 2 fully saturated rings. The summed E-state index contributed by atoms with van der Waals surface area (Å²) in [7, 11) is 0. The fraction of sp³-hybridized carbons (Fsp3) is 0.486. The normalized spacial score (nSPS) is 15.0. The summed E-state index contributed by atoms with van der Waals surface area (Å²) < 4.78 is 52.6. The van der Waals surface area contributed by atoms with Crippen molar-refractivity contribution in [1.29, 1.82) is 0 Å². The first kappa shape index (κ1) is 38.5. The number of hydrogen-bond acceptors (Lipinski definition) is 6. The van der Waals surface area contributed by atoms with Gasteiger partial charge in [0.15, 0.2) is 0 Å². The predicted octanol–water partition coefficient (Wildman–Crippen LogP) is 8.97. The van der Waals surface area contributed by atoms with Crippen molar-refractivity contribution in [2.24, 2.45) is 4.99 Å². The highest BCUT2D eigenvalue weighted by Crippen LogP contribution is 2.40. The molecule has 0 N–H and O–H groups in total. The topological polar surface area (TPSA) is 57.6 Å². The van der Waals surface area contributed by atoms with E-state index in [0.717, 1.165) is 12.8 Å². The predicted molar refractivity (Wildman–Crippen MR) is 183 cm³/mol. The highest BCUT2D eigenvalue weighted by atomic mass is 35.5. The minimum atomic E-state index is -4.45. The lowest BCUT2D eigenvalue weighted by Gasteiger charge is -2.35. The minimum absolute atomic E-state index is 0.0506. The highest BCUT2D eigenvalue weighted by molar-refractivity contribution is 6.32. The van der Waals surface area contributed by atoms with Crippen LogP contribution in [-0.2, 0) is 4.79 Å². The van der Waals surface area contributed by atoms with Crippen molar-refractivity contribution in [3.05, 3.63) is 71.5 Å². The molecule has 1 aliphatic heterocycles. The maximum atomic E-state index is 13.6. The molecule has 1 aliphatic carbocycles. The van der Waals surface area contributed by atoms with Crippen LogP contribution in [0.15, 0.2) is 65.9 Å². The van der Waals surface area contributed by atoms with E-state index in [-0.39, 0.29) is 23.6 Å². The molecular formula is C35H48ClF3N4O3. The second kappa shape index (κ2) is 18.5. The monoisotopic (exact) mass is 664 g/mol. The zero-order valence-corrected chi connectivity index (χ0v) is 28.8. The SMILES string of the molecule is C=C(/N=C(\C=C/C)COc1ccc(N(CC(F)(F)F)c2cc(C)c(OC3CC3)c(Cl)c2)cc1)N1CCN(C(C)=O)CC1.CC.CC. The van der Waals surface area contributed by atoms with Crippen molar-refractivity contribution in [3.63, 3.8) is 0 Å². The molecule has 1 saturated carbocycles. The first-order valence-electron chi connectivity index (χ1n) is 15.9. The number of carbonyl (C=O) groups excluding carboxylic acids is 1. The van der Waals surface area contributed by atoms with Crippen LogP contribution in [0.5, 0.6) is 11.5 Å². The van der Waals surface area contributed by atoms with Gasteiger partial charge in [0.1, 0.15) is 30.5 Å². The third kappa shape index (κ3) is 11.9. The maximum absolute atomic E-state index is 13.6. The first-order chi connectivity index (χ1) is 21.9. The van der Waals surface area contributed by atoms with E-state index in [9.17, 15) is 18.0 Å². The van der Waals surface area contributed by atoms with Crippen LogP contribution in [0.3, 0.4) is 0 Å². The van der Waals surface area contributed by atoms with Gasteiger partial charge < -0.3 is 24.2 Å². The van der Waals surface area contributed by atoms with Crippen LogP contribution >= 0.6 is 11.6 Å². The zero-order valence-electron chi connectivity index (χ0n) is 28.1. The lowest BCUT2D eigenvalue weighted by Crippen LogP contribution is -2.47. The molecule has 0 spiro atoms. The number of anilines is 2. The number of aliphatic imine (C=N–C) groups is 1. The van der Waals surface area contributed by atoms with E-state index in [1.807, 2.05) is 51.7 Å². The molecule has 254 valence electrons. The Morgan fingerprint density at radius 3 is 2.13 bits per heavy atom. The standard InChI is InChI=1S/C31H36ClF3N4O3.2C2H6/c1-5-6-24(36-22(3)37-13-15-38(16-14-37)23(4)40)19-41-27-9-7-25(8-10-27)39(20-31(33,34)35)26-17-21(2)30(29(32)18-26)42-28-11-12-28;2*1-2/h5-10,17-18,28H,3,11-16,19-20H2,1-2,4H3;2*1-2H3/b6-5-,36-24+;;. The molecule has 2 aliphatic rings. The number of hydrogen-bond donors (Lipinski definition) is 0. The Morgan fingerprint density at radius 2 is 1.63 bits per heavy atom. The summed E-state index contributed by atoms with van der Waals surface area (Å²) in [6.07, 6.45) is 1.22. The van der Waals surface area contributed by atoms with E-state index in [1.165, 1.54) is 11.0 Å². The van der Waals surface area contributed by atoms with Gasteiger partial charge >= 0.3 is 6.18 Å². The quantitative estimate of drug-likeness (QED) is 0.225. The summed E-state index contributed by atoms with van der Waals surface area (Å²) in [6, 6.07) is 9.58. The Kier molecular flexibility index (Phi) is 15.5. The average Bonchev–Trinajstić information content (AvgIpc) is 3.87. The third-order valence-electron chi connectivity index (χ3n) is 6.93. The van der Waals surface area contributed by atoms with Gasteiger partial charge in [-0.3, -0.25) is 4.79 Å². The number of alkyl halides is 3. The average molecular weight is 665 g/mol. The molecule has 1 saturated heterocycles. The minimum Gasteiger partial charge on any atom is -0.489 e. The number of allylic oxidation sites excluding steroid dienone is 1. The van der Waals surface area contributed by atoms with Crippen LogP contribution in [0.4, 0.5) is 24.5 Å². The number of carbonyl (C=O) groups is 1. The van der Waals surface area contributed by atoms with E-state index in [0.29, 0.717) is 66.1 Å². The van der Waals surface area contributed by atoms with Gasteiger partial charge in [-0.15, -0.1) is 0 Å². The molecule has 4 rings (SSSR count). The third-order valence-corrected chi connectivity index (χ3v) is 7.21. The molecule has 0 radical (unpaired) electrons. The molecule has 2 aromatic carbocycles. The van der Waals surface area contributed by atoms with Gasteiger partial charge in [0.25, 0.3) is 0 Å². The molecule has 1 amide bonds. The van der Waals surface area contributed by atoms with Crippen LogP contribution < -0.4 is 14.4 Å². The van der Waals surface area contributed by atoms with Crippen LogP contribution in [0.25, 0.3) is 0 Å². The number of ether oxygens (including phenoxy) is 2. The second-order valence-electron chi connectivity index (χ2n) is 10.4. The lowest BCUT2D eigenvalue weighted by molar-refractivity contribution is -0.130. The summed E-state index contributed by atoms with van der Waals surface area (Å²) in [5.41, 5.74) is 1.97. The first-order valence-corrected chi connectivity index (χ1v) is 16.2. The van der Waals surface area contributed by atoms with Gasteiger partial charge in [-0.05, 0) is 74.7 Å². The molecule has 7 nitrogen and oxygen atoms in total. The van der Waals surface area contributed by atoms with Crippen molar-refractivity contribution in [2.75, 3.05) is 44.2 Å². The Morgan fingerprint density at radius 1 is 1.04 bits per heavy atom. The molecule has 0 aromatic heterocycles. The van der Waals surface area contributed by atoms with Gasteiger partial charge in [-0.2, -0.15) is 13.2 Å². The van der Waals surface area contributed by atoms with Crippen molar-refractivity contribution >= 4 is 34.6 Å². The van der Waals surface area contributed by atoms with Gasteiger partial charge in [0.05, 0.1) is 16.8 Å². The van der Waals surface area contributed by atoms with E-state index in [1.54, 1.807) is 49.1 Å². The number of piperazine rings is 1. The summed E-state index contributed by atoms with van der Waals surface area (Å²) in [5, 5.41) is 0.280. The van der Waals surface area contributed by atoms with Crippen LogP contribution in [0.1, 0.15) is 59.9 Å². The van der Waals surface area contributed by atoms with Crippen molar-refractivity contribution in [1.82, 2.24) is 9.80 Å². The molecule has 0 bridgehead atoms. The van der Waals surface area contributed by atoms with E-state index >= 15 is 0 Å².